The van der Waals surface area contributed by atoms with E-state index in [1.165, 1.54) is 16.2 Å². The Balaban J connectivity index is 1.75. The number of anilines is 1. The minimum Gasteiger partial charge on any atom is -0.494 e. The molecule has 0 fully saturated rings. The van der Waals surface area contributed by atoms with Crippen LogP contribution in [-0.4, -0.2) is 30.2 Å². The van der Waals surface area contributed by atoms with Crippen molar-refractivity contribution in [1.82, 2.24) is 5.32 Å². The molecule has 0 atom stereocenters. The summed E-state index contributed by atoms with van der Waals surface area (Å²) in [5.41, 5.74) is 2.03. The quantitative estimate of drug-likeness (QED) is 0.523. The lowest BCUT2D eigenvalue weighted by Crippen LogP contribution is -2.34. The van der Waals surface area contributed by atoms with Crippen LogP contribution in [0.5, 0.6) is 5.75 Å². The highest BCUT2D eigenvalue weighted by atomic mass is 32.1. The van der Waals surface area contributed by atoms with Gasteiger partial charge in [-0.05, 0) is 75.5 Å². The second kappa shape index (κ2) is 9.84. The highest BCUT2D eigenvalue weighted by Crippen LogP contribution is 2.38. The number of aryl methyl sites for hydroxylation is 1. The zero-order chi connectivity index (χ0) is 20.8. The second-order valence-corrected chi connectivity index (χ2v) is 8.02. The van der Waals surface area contributed by atoms with Crippen LogP contribution >= 0.6 is 23.6 Å². The molecule has 1 aliphatic carbocycles. The second-order valence-electron chi connectivity index (χ2n) is 6.50. The summed E-state index contributed by atoms with van der Waals surface area (Å²) in [6, 6.07) is 6.89. The van der Waals surface area contributed by atoms with Crippen LogP contribution in [0.15, 0.2) is 24.3 Å². The number of esters is 1. The molecule has 29 heavy (non-hydrogen) atoms. The van der Waals surface area contributed by atoms with Crippen molar-refractivity contribution in [1.29, 1.82) is 0 Å². The Morgan fingerprint density at radius 2 is 1.97 bits per heavy atom. The summed E-state index contributed by atoms with van der Waals surface area (Å²) >= 11 is 6.83. The number of hydrogen-bond acceptors (Lipinski definition) is 6. The van der Waals surface area contributed by atoms with Gasteiger partial charge in [-0.3, -0.25) is 10.1 Å². The molecular formula is C21H24N2O4S2. The van der Waals surface area contributed by atoms with Crippen LogP contribution in [-0.2, 0) is 17.6 Å². The van der Waals surface area contributed by atoms with E-state index < -0.39 is 0 Å². The van der Waals surface area contributed by atoms with Crippen LogP contribution in [0, 0.1) is 0 Å². The number of thiocarbonyl (C=S) groups is 1. The van der Waals surface area contributed by atoms with Crippen LogP contribution in [0.1, 0.15) is 57.8 Å². The summed E-state index contributed by atoms with van der Waals surface area (Å²) in [7, 11) is 0. The summed E-state index contributed by atoms with van der Waals surface area (Å²) in [4.78, 5) is 26.2. The largest absolute Gasteiger partial charge is 0.494 e. The third-order valence-electron chi connectivity index (χ3n) is 4.51. The number of amides is 1. The fourth-order valence-corrected chi connectivity index (χ4v) is 4.82. The normalized spacial score (nSPS) is 12.6. The van der Waals surface area contributed by atoms with Crippen LogP contribution in [0.2, 0.25) is 0 Å². The van der Waals surface area contributed by atoms with Gasteiger partial charge in [0, 0.05) is 10.4 Å². The molecule has 8 heteroatoms. The molecule has 2 N–H and O–H groups in total. The Hall–Kier alpha value is -2.45. The van der Waals surface area contributed by atoms with Gasteiger partial charge in [0.2, 0.25) is 0 Å². The molecule has 0 spiro atoms. The van der Waals surface area contributed by atoms with Crippen molar-refractivity contribution >= 4 is 45.5 Å². The van der Waals surface area contributed by atoms with E-state index in [0.29, 0.717) is 35.1 Å². The van der Waals surface area contributed by atoms with Crippen LogP contribution in [0.25, 0.3) is 0 Å². The number of ether oxygens (including phenoxy) is 2. The summed E-state index contributed by atoms with van der Waals surface area (Å²) in [6.45, 7) is 4.49. The van der Waals surface area contributed by atoms with Gasteiger partial charge in [0.15, 0.2) is 5.11 Å². The first-order valence-corrected chi connectivity index (χ1v) is 10.9. The van der Waals surface area contributed by atoms with Crippen molar-refractivity contribution in [2.75, 3.05) is 18.5 Å². The fraction of sp³-hybridized carbons (Fsp3) is 0.381. The summed E-state index contributed by atoms with van der Waals surface area (Å²) in [5, 5.41) is 6.47. The SMILES string of the molecule is CCOC(=O)c1c(NC(=S)NC(=O)c2cccc(OCC)c2)sc2c1CCCC2. The average Bonchev–Trinajstić information content (AvgIpc) is 3.06. The van der Waals surface area contributed by atoms with Crippen molar-refractivity contribution in [2.24, 2.45) is 0 Å². The van der Waals surface area contributed by atoms with Gasteiger partial charge >= 0.3 is 5.97 Å². The van der Waals surface area contributed by atoms with Gasteiger partial charge in [-0.25, -0.2) is 4.79 Å². The molecule has 0 radical (unpaired) electrons. The first-order valence-electron chi connectivity index (χ1n) is 9.70. The monoisotopic (exact) mass is 432 g/mol. The minimum absolute atomic E-state index is 0.140. The van der Waals surface area contributed by atoms with E-state index in [9.17, 15) is 9.59 Å². The van der Waals surface area contributed by atoms with Gasteiger partial charge < -0.3 is 14.8 Å². The molecule has 0 bridgehead atoms. The van der Waals surface area contributed by atoms with Gasteiger partial charge in [-0.15, -0.1) is 11.3 Å². The molecule has 154 valence electrons. The van der Waals surface area contributed by atoms with Crippen molar-refractivity contribution in [3.63, 3.8) is 0 Å². The number of carbonyl (C=O) groups is 2. The molecular weight excluding hydrogens is 408 g/mol. The molecule has 6 nitrogen and oxygen atoms in total. The molecule has 1 amide bonds. The number of rotatable bonds is 6. The summed E-state index contributed by atoms with van der Waals surface area (Å²) in [6.07, 6.45) is 3.95. The third kappa shape index (κ3) is 5.13. The van der Waals surface area contributed by atoms with Crippen molar-refractivity contribution in [3.8, 4) is 5.75 Å². The van der Waals surface area contributed by atoms with Crippen molar-refractivity contribution in [3.05, 3.63) is 45.8 Å². The first-order chi connectivity index (χ1) is 14.0. The molecule has 0 saturated carbocycles. The standard InChI is InChI=1S/C21H24N2O4S2/c1-3-26-14-9-7-8-13(12-14)18(24)22-21(28)23-19-17(20(25)27-4-2)15-10-5-6-11-16(15)29-19/h7-9,12H,3-6,10-11H2,1-2H3,(H2,22,23,24,28). The number of carbonyl (C=O) groups excluding carboxylic acids is 2. The molecule has 0 aliphatic heterocycles. The predicted octanol–water partition coefficient (Wildman–Crippen LogP) is 4.33. The lowest BCUT2D eigenvalue weighted by atomic mass is 9.95. The molecule has 1 heterocycles. The molecule has 0 saturated heterocycles. The summed E-state index contributed by atoms with van der Waals surface area (Å²) < 4.78 is 10.7. The summed E-state index contributed by atoms with van der Waals surface area (Å²) in [5.74, 6) is -0.0782. The van der Waals surface area contributed by atoms with E-state index in [1.54, 1.807) is 31.2 Å². The Morgan fingerprint density at radius 3 is 2.72 bits per heavy atom. The zero-order valence-electron chi connectivity index (χ0n) is 16.5. The van der Waals surface area contributed by atoms with E-state index in [1.807, 2.05) is 6.92 Å². The number of fused-ring (bicyclic) bond motifs is 1. The highest BCUT2D eigenvalue weighted by Gasteiger charge is 2.27. The van der Waals surface area contributed by atoms with Gasteiger partial charge in [0.05, 0.1) is 18.8 Å². The average molecular weight is 433 g/mol. The van der Waals surface area contributed by atoms with E-state index in [-0.39, 0.29) is 17.0 Å². The Bertz CT molecular complexity index is 923. The zero-order valence-corrected chi connectivity index (χ0v) is 18.1. The van der Waals surface area contributed by atoms with Gasteiger partial charge in [-0.2, -0.15) is 0 Å². The van der Waals surface area contributed by atoms with Crippen molar-refractivity contribution in [2.45, 2.75) is 39.5 Å². The predicted molar refractivity (Wildman–Crippen MR) is 118 cm³/mol. The highest BCUT2D eigenvalue weighted by molar-refractivity contribution is 7.80. The van der Waals surface area contributed by atoms with E-state index in [0.717, 1.165) is 31.2 Å². The smallest absolute Gasteiger partial charge is 0.341 e. The number of nitrogens with one attached hydrogen (secondary N) is 2. The molecule has 0 unspecified atom stereocenters. The third-order valence-corrected chi connectivity index (χ3v) is 5.92. The minimum atomic E-state index is -0.354. The van der Waals surface area contributed by atoms with Crippen LogP contribution < -0.4 is 15.4 Å². The topological polar surface area (TPSA) is 76.7 Å². The molecule has 2 aromatic rings. The maximum absolute atomic E-state index is 12.5. The van der Waals surface area contributed by atoms with E-state index in [4.69, 9.17) is 21.7 Å². The lowest BCUT2D eigenvalue weighted by molar-refractivity contribution is 0.0526. The van der Waals surface area contributed by atoms with E-state index >= 15 is 0 Å². The maximum atomic E-state index is 12.5. The molecule has 1 aromatic heterocycles. The van der Waals surface area contributed by atoms with Crippen LogP contribution in [0.3, 0.4) is 0 Å². The van der Waals surface area contributed by atoms with E-state index in [2.05, 4.69) is 10.6 Å². The van der Waals surface area contributed by atoms with Gasteiger partial charge in [0.1, 0.15) is 10.8 Å². The Morgan fingerprint density at radius 1 is 1.17 bits per heavy atom. The number of thiophene rings is 1. The number of hydrogen-bond donors (Lipinski definition) is 2. The van der Waals surface area contributed by atoms with Crippen LogP contribution in [0.4, 0.5) is 5.00 Å². The molecule has 1 aliphatic rings. The Kier molecular flexibility index (Phi) is 7.22. The lowest BCUT2D eigenvalue weighted by Gasteiger charge is -2.13. The molecule has 3 rings (SSSR count). The van der Waals surface area contributed by atoms with Crippen molar-refractivity contribution < 1.29 is 19.1 Å². The van der Waals surface area contributed by atoms with Gasteiger partial charge in [-0.1, -0.05) is 6.07 Å². The first kappa shape index (κ1) is 21.3. The molecule has 1 aromatic carbocycles. The van der Waals surface area contributed by atoms with Gasteiger partial charge in [0.25, 0.3) is 5.91 Å². The number of benzene rings is 1. The maximum Gasteiger partial charge on any atom is 0.341 e. The Labute approximate surface area is 179 Å². The fourth-order valence-electron chi connectivity index (χ4n) is 3.28.